The van der Waals surface area contributed by atoms with Gasteiger partial charge in [0.2, 0.25) is 0 Å². The van der Waals surface area contributed by atoms with Crippen LogP contribution < -0.4 is 14.8 Å². The van der Waals surface area contributed by atoms with Crippen molar-refractivity contribution in [1.82, 2.24) is 0 Å². The predicted molar refractivity (Wildman–Crippen MR) is 87.8 cm³/mol. The van der Waals surface area contributed by atoms with Crippen LogP contribution >= 0.6 is 11.6 Å². The molecule has 112 valence electrons. The lowest BCUT2D eigenvalue weighted by molar-refractivity contribution is 0.332. The molecule has 0 saturated carbocycles. The summed E-state index contributed by atoms with van der Waals surface area (Å²) in [5, 5.41) is 4.07. The van der Waals surface area contributed by atoms with E-state index in [0.717, 1.165) is 34.3 Å². The third-order valence-electron chi connectivity index (χ3n) is 2.97. The van der Waals surface area contributed by atoms with Gasteiger partial charge in [0.1, 0.15) is 18.1 Å². The maximum absolute atomic E-state index is 5.98. The van der Waals surface area contributed by atoms with Crippen molar-refractivity contribution in [1.29, 1.82) is 0 Å². The van der Waals surface area contributed by atoms with E-state index in [1.54, 1.807) is 0 Å². The van der Waals surface area contributed by atoms with Crippen molar-refractivity contribution >= 4 is 17.3 Å². The van der Waals surface area contributed by atoms with Crippen molar-refractivity contribution in [2.45, 2.75) is 13.8 Å². The van der Waals surface area contributed by atoms with E-state index in [2.05, 4.69) is 5.32 Å². The SMILES string of the molecule is CCOc1cccc(NCCOc2ccc(Cl)c(C)c2)c1. The normalized spacial score (nSPS) is 10.2. The summed E-state index contributed by atoms with van der Waals surface area (Å²) in [6.07, 6.45) is 0. The minimum atomic E-state index is 0.583. The number of ether oxygens (including phenoxy) is 2. The second kappa shape index (κ2) is 7.79. The molecule has 0 aromatic heterocycles. The van der Waals surface area contributed by atoms with Crippen LogP contribution in [0.1, 0.15) is 12.5 Å². The van der Waals surface area contributed by atoms with E-state index in [1.807, 2.05) is 56.3 Å². The second-order valence-corrected chi connectivity index (χ2v) is 5.05. The fourth-order valence-corrected chi connectivity index (χ4v) is 2.05. The summed E-state index contributed by atoms with van der Waals surface area (Å²) >= 11 is 5.98. The van der Waals surface area contributed by atoms with Gasteiger partial charge in [-0.3, -0.25) is 0 Å². The summed E-state index contributed by atoms with van der Waals surface area (Å²) in [7, 11) is 0. The highest BCUT2D eigenvalue weighted by Gasteiger charge is 1.99. The van der Waals surface area contributed by atoms with Crippen molar-refractivity contribution in [3.8, 4) is 11.5 Å². The summed E-state index contributed by atoms with van der Waals surface area (Å²) in [5.41, 5.74) is 2.04. The Balaban J connectivity index is 1.79. The zero-order chi connectivity index (χ0) is 15.1. The Morgan fingerprint density at radius 1 is 1.05 bits per heavy atom. The number of aryl methyl sites for hydroxylation is 1. The van der Waals surface area contributed by atoms with Crippen LogP contribution in [-0.4, -0.2) is 19.8 Å². The minimum absolute atomic E-state index is 0.583. The fourth-order valence-electron chi connectivity index (χ4n) is 1.93. The number of anilines is 1. The van der Waals surface area contributed by atoms with Crippen molar-refractivity contribution in [2.24, 2.45) is 0 Å². The van der Waals surface area contributed by atoms with E-state index in [1.165, 1.54) is 0 Å². The number of hydrogen-bond donors (Lipinski definition) is 1. The van der Waals surface area contributed by atoms with Crippen LogP contribution in [0.25, 0.3) is 0 Å². The molecule has 21 heavy (non-hydrogen) atoms. The number of nitrogens with one attached hydrogen (secondary N) is 1. The maximum atomic E-state index is 5.98. The van der Waals surface area contributed by atoms with E-state index >= 15 is 0 Å². The molecule has 0 radical (unpaired) electrons. The highest BCUT2D eigenvalue weighted by molar-refractivity contribution is 6.31. The third kappa shape index (κ3) is 4.87. The van der Waals surface area contributed by atoms with Gasteiger partial charge >= 0.3 is 0 Å². The van der Waals surface area contributed by atoms with Gasteiger partial charge in [0.25, 0.3) is 0 Å². The topological polar surface area (TPSA) is 30.5 Å². The van der Waals surface area contributed by atoms with Gasteiger partial charge in [0.05, 0.1) is 6.61 Å². The van der Waals surface area contributed by atoms with Crippen LogP contribution in [-0.2, 0) is 0 Å². The lowest BCUT2D eigenvalue weighted by Crippen LogP contribution is -2.11. The maximum Gasteiger partial charge on any atom is 0.121 e. The molecule has 0 fully saturated rings. The molecule has 0 aliphatic carbocycles. The molecule has 1 N–H and O–H groups in total. The molecule has 0 spiro atoms. The summed E-state index contributed by atoms with van der Waals surface area (Å²) in [5.74, 6) is 1.71. The van der Waals surface area contributed by atoms with Crippen LogP contribution in [0.2, 0.25) is 5.02 Å². The molecule has 2 rings (SSSR count). The minimum Gasteiger partial charge on any atom is -0.494 e. The molecule has 4 heteroatoms. The first kappa shape index (κ1) is 15.5. The molecule has 0 saturated heterocycles. The fraction of sp³-hybridized carbons (Fsp3) is 0.294. The highest BCUT2D eigenvalue weighted by Crippen LogP contribution is 2.21. The smallest absolute Gasteiger partial charge is 0.121 e. The summed E-state index contributed by atoms with van der Waals surface area (Å²) in [4.78, 5) is 0. The average molecular weight is 306 g/mol. The molecule has 0 atom stereocenters. The molecule has 0 amide bonds. The molecule has 2 aromatic rings. The van der Waals surface area contributed by atoms with Gasteiger partial charge in [-0.1, -0.05) is 17.7 Å². The summed E-state index contributed by atoms with van der Waals surface area (Å²) < 4.78 is 11.2. The van der Waals surface area contributed by atoms with E-state index in [-0.39, 0.29) is 0 Å². The first-order valence-corrected chi connectivity index (χ1v) is 7.42. The number of rotatable bonds is 7. The molecule has 0 aliphatic heterocycles. The van der Waals surface area contributed by atoms with E-state index in [0.29, 0.717) is 13.2 Å². The van der Waals surface area contributed by atoms with Gasteiger partial charge in [-0.15, -0.1) is 0 Å². The Hall–Kier alpha value is -1.87. The Labute approximate surface area is 130 Å². The van der Waals surface area contributed by atoms with Crippen molar-refractivity contribution < 1.29 is 9.47 Å². The Bertz CT molecular complexity index is 587. The van der Waals surface area contributed by atoms with E-state index in [9.17, 15) is 0 Å². The number of halogens is 1. The quantitative estimate of drug-likeness (QED) is 0.762. The Morgan fingerprint density at radius 2 is 1.86 bits per heavy atom. The lowest BCUT2D eigenvalue weighted by atomic mass is 10.2. The molecule has 0 heterocycles. The number of hydrogen-bond acceptors (Lipinski definition) is 3. The molecular weight excluding hydrogens is 286 g/mol. The van der Waals surface area contributed by atoms with Crippen molar-refractivity contribution in [2.75, 3.05) is 25.1 Å². The summed E-state index contributed by atoms with van der Waals surface area (Å²) in [6, 6.07) is 13.6. The van der Waals surface area contributed by atoms with Gasteiger partial charge in [-0.25, -0.2) is 0 Å². The van der Waals surface area contributed by atoms with Gasteiger partial charge in [-0.05, 0) is 49.7 Å². The van der Waals surface area contributed by atoms with Gasteiger partial charge in [0, 0.05) is 23.3 Å². The Morgan fingerprint density at radius 3 is 2.62 bits per heavy atom. The van der Waals surface area contributed by atoms with Crippen LogP contribution in [0.5, 0.6) is 11.5 Å². The average Bonchev–Trinajstić information content (AvgIpc) is 2.48. The first-order valence-electron chi connectivity index (χ1n) is 7.04. The van der Waals surface area contributed by atoms with E-state index < -0.39 is 0 Å². The monoisotopic (exact) mass is 305 g/mol. The van der Waals surface area contributed by atoms with Crippen LogP contribution in [0.4, 0.5) is 5.69 Å². The van der Waals surface area contributed by atoms with Crippen LogP contribution in [0, 0.1) is 6.92 Å². The zero-order valence-electron chi connectivity index (χ0n) is 12.4. The van der Waals surface area contributed by atoms with Gasteiger partial charge < -0.3 is 14.8 Å². The third-order valence-corrected chi connectivity index (χ3v) is 3.40. The first-order chi connectivity index (χ1) is 10.2. The van der Waals surface area contributed by atoms with Crippen LogP contribution in [0.15, 0.2) is 42.5 Å². The number of benzene rings is 2. The predicted octanol–water partition coefficient (Wildman–Crippen LogP) is 4.54. The lowest BCUT2D eigenvalue weighted by Gasteiger charge is -2.10. The highest BCUT2D eigenvalue weighted by atomic mass is 35.5. The molecule has 0 unspecified atom stereocenters. The molecule has 0 bridgehead atoms. The second-order valence-electron chi connectivity index (χ2n) is 4.65. The molecule has 3 nitrogen and oxygen atoms in total. The van der Waals surface area contributed by atoms with Gasteiger partial charge in [0.15, 0.2) is 0 Å². The summed E-state index contributed by atoms with van der Waals surface area (Å²) in [6.45, 7) is 5.91. The molecular formula is C17H20ClNO2. The van der Waals surface area contributed by atoms with Gasteiger partial charge in [-0.2, -0.15) is 0 Å². The standard InChI is InChI=1S/C17H20ClNO2/c1-3-20-15-6-4-5-14(12-15)19-9-10-21-16-7-8-17(18)13(2)11-16/h4-8,11-12,19H,3,9-10H2,1-2H3. The van der Waals surface area contributed by atoms with Crippen LogP contribution in [0.3, 0.4) is 0 Å². The van der Waals surface area contributed by atoms with E-state index in [4.69, 9.17) is 21.1 Å². The van der Waals surface area contributed by atoms with Crippen molar-refractivity contribution in [3.05, 3.63) is 53.1 Å². The molecule has 0 aliphatic rings. The Kier molecular flexibility index (Phi) is 5.76. The largest absolute Gasteiger partial charge is 0.494 e. The van der Waals surface area contributed by atoms with Crippen molar-refractivity contribution in [3.63, 3.8) is 0 Å². The zero-order valence-corrected chi connectivity index (χ0v) is 13.1. The molecule has 2 aromatic carbocycles.